The predicted octanol–water partition coefficient (Wildman–Crippen LogP) is 4.75. The van der Waals surface area contributed by atoms with Crippen LogP contribution in [-0.2, 0) is 0 Å². The number of aromatic nitrogens is 1. The molecule has 0 amide bonds. The Balaban J connectivity index is 2.16. The minimum atomic E-state index is 0.123. The number of anilines is 1. The standard InChI is InChI=1S/C17H16BrN3O/c1-2-14(20-12-6-3-10(18)4-7-12)16-13-9-11(19)5-8-15(13)21-17(16)22/h3-9,21-22H,2,19H2,1H3. The molecule has 0 saturated heterocycles. The molecule has 4 nitrogen and oxygen atoms in total. The molecule has 0 aliphatic carbocycles. The molecule has 0 radical (unpaired) electrons. The van der Waals surface area contributed by atoms with Gasteiger partial charge in [0.15, 0.2) is 5.88 Å². The zero-order chi connectivity index (χ0) is 15.7. The number of nitrogen functional groups attached to an aromatic ring is 1. The van der Waals surface area contributed by atoms with Gasteiger partial charge in [-0.25, -0.2) is 0 Å². The second kappa shape index (κ2) is 5.85. The lowest BCUT2D eigenvalue weighted by molar-refractivity contribution is 0.457. The van der Waals surface area contributed by atoms with Crippen LogP contribution < -0.4 is 5.73 Å². The molecule has 0 fully saturated rings. The van der Waals surface area contributed by atoms with Crippen LogP contribution >= 0.6 is 15.9 Å². The first-order valence-electron chi connectivity index (χ1n) is 7.02. The lowest BCUT2D eigenvalue weighted by Gasteiger charge is -2.05. The van der Waals surface area contributed by atoms with Crippen molar-refractivity contribution in [3.05, 3.63) is 52.5 Å². The molecule has 2 aromatic carbocycles. The Bertz CT molecular complexity index is 850. The Labute approximate surface area is 136 Å². The van der Waals surface area contributed by atoms with Crippen molar-refractivity contribution in [2.45, 2.75) is 13.3 Å². The van der Waals surface area contributed by atoms with E-state index in [0.29, 0.717) is 17.7 Å². The fourth-order valence-electron chi connectivity index (χ4n) is 2.47. The Morgan fingerprint density at radius 1 is 1.23 bits per heavy atom. The molecule has 4 N–H and O–H groups in total. The molecule has 3 rings (SSSR count). The first-order chi connectivity index (χ1) is 10.6. The lowest BCUT2D eigenvalue weighted by Crippen LogP contribution is -1.98. The number of nitrogens with one attached hydrogen (secondary N) is 1. The molecule has 0 aliphatic rings. The number of benzene rings is 2. The van der Waals surface area contributed by atoms with Gasteiger partial charge in [-0.2, -0.15) is 0 Å². The summed E-state index contributed by atoms with van der Waals surface area (Å²) in [6.07, 6.45) is 0.700. The lowest BCUT2D eigenvalue weighted by atomic mass is 10.1. The SMILES string of the molecule is CCC(=Nc1ccc(Br)cc1)c1c(O)[nH]c2ccc(N)cc12. The number of hydrogen-bond donors (Lipinski definition) is 3. The normalized spacial score (nSPS) is 12.0. The fraction of sp³-hybridized carbons (Fsp3) is 0.118. The smallest absolute Gasteiger partial charge is 0.198 e. The molecule has 0 saturated carbocycles. The highest BCUT2D eigenvalue weighted by atomic mass is 79.9. The van der Waals surface area contributed by atoms with Gasteiger partial charge >= 0.3 is 0 Å². The largest absolute Gasteiger partial charge is 0.494 e. The van der Waals surface area contributed by atoms with Crippen LogP contribution in [0.15, 0.2) is 51.9 Å². The van der Waals surface area contributed by atoms with Crippen LogP contribution in [0.3, 0.4) is 0 Å². The maximum atomic E-state index is 10.3. The summed E-state index contributed by atoms with van der Waals surface area (Å²) in [7, 11) is 0. The summed E-state index contributed by atoms with van der Waals surface area (Å²) >= 11 is 3.41. The van der Waals surface area contributed by atoms with Gasteiger partial charge in [-0.15, -0.1) is 0 Å². The number of nitrogens with zero attached hydrogens (tertiary/aromatic N) is 1. The topological polar surface area (TPSA) is 74.4 Å². The third-order valence-corrected chi connectivity index (χ3v) is 4.05. The van der Waals surface area contributed by atoms with Gasteiger partial charge in [-0.1, -0.05) is 22.9 Å². The van der Waals surface area contributed by atoms with E-state index in [1.807, 2.05) is 43.3 Å². The number of hydrogen-bond acceptors (Lipinski definition) is 3. The molecule has 5 heteroatoms. The van der Waals surface area contributed by atoms with Crippen molar-refractivity contribution in [3.63, 3.8) is 0 Å². The van der Waals surface area contributed by atoms with Gasteiger partial charge < -0.3 is 15.8 Å². The van der Waals surface area contributed by atoms with E-state index in [9.17, 15) is 5.11 Å². The summed E-state index contributed by atoms with van der Waals surface area (Å²) in [6.45, 7) is 2.02. The average Bonchev–Trinajstić information content (AvgIpc) is 2.82. The molecule has 22 heavy (non-hydrogen) atoms. The number of H-pyrrole nitrogens is 1. The quantitative estimate of drug-likeness (QED) is 0.467. The molecule has 112 valence electrons. The number of rotatable bonds is 3. The summed E-state index contributed by atoms with van der Waals surface area (Å²) in [5.74, 6) is 0.123. The number of aromatic hydroxyl groups is 1. The molecule has 1 heterocycles. The number of aliphatic imine (C=N–C) groups is 1. The fourth-order valence-corrected chi connectivity index (χ4v) is 2.73. The van der Waals surface area contributed by atoms with Crippen LogP contribution in [0.2, 0.25) is 0 Å². The van der Waals surface area contributed by atoms with Crippen LogP contribution in [0.1, 0.15) is 18.9 Å². The van der Waals surface area contributed by atoms with E-state index in [2.05, 4.69) is 25.9 Å². The maximum Gasteiger partial charge on any atom is 0.198 e. The van der Waals surface area contributed by atoms with E-state index >= 15 is 0 Å². The van der Waals surface area contributed by atoms with Crippen LogP contribution in [0, 0.1) is 0 Å². The molecule has 0 bridgehead atoms. The summed E-state index contributed by atoms with van der Waals surface area (Å²) < 4.78 is 1.01. The number of halogens is 1. The predicted molar refractivity (Wildman–Crippen MR) is 95.0 cm³/mol. The van der Waals surface area contributed by atoms with Crippen molar-refractivity contribution in [2.24, 2.45) is 4.99 Å². The summed E-state index contributed by atoms with van der Waals surface area (Å²) in [5.41, 5.74) is 9.75. The zero-order valence-corrected chi connectivity index (χ0v) is 13.7. The van der Waals surface area contributed by atoms with Gasteiger partial charge in [0.1, 0.15) is 0 Å². The first-order valence-corrected chi connectivity index (χ1v) is 7.81. The third-order valence-electron chi connectivity index (χ3n) is 3.52. The Morgan fingerprint density at radius 2 is 1.95 bits per heavy atom. The van der Waals surface area contributed by atoms with Crippen molar-refractivity contribution >= 4 is 43.9 Å². The molecule has 0 spiro atoms. The number of nitrogens with two attached hydrogens (primary N) is 1. The monoisotopic (exact) mass is 357 g/mol. The summed E-state index contributed by atoms with van der Waals surface area (Å²) in [5, 5.41) is 11.1. The minimum absolute atomic E-state index is 0.123. The van der Waals surface area contributed by atoms with Crippen LogP contribution in [0.5, 0.6) is 5.88 Å². The maximum absolute atomic E-state index is 10.3. The minimum Gasteiger partial charge on any atom is -0.494 e. The van der Waals surface area contributed by atoms with Crippen molar-refractivity contribution in [1.29, 1.82) is 0 Å². The molecule has 0 unspecified atom stereocenters. The zero-order valence-electron chi connectivity index (χ0n) is 12.1. The van der Waals surface area contributed by atoms with E-state index < -0.39 is 0 Å². The summed E-state index contributed by atoms with van der Waals surface area (Å²) in [4.78, 5) is 7.65. The van der Waals surface area contributed by atoms with Gasteiger partial charge in [0.05, 0.1) is 17.0 Å². The van der Waals surface area contributed by atoms with E-state index in [4.69, 9.17) is 5.73 Å². The molecule has 1 aromatic heterocycles. The van der Waals surface area contributed by atoms with Crippen molar-refractivity contribution in [2.75, 3.05) is 5.73 Å². The molecular formula is C17H16BrN3O. The third kappa shape index (κ3) is 2.72. The number of fused-ring (bicyclic) bond motifs is 1. The van der Waals surface area contributed by atoms with Gasteiger partial charge in [-0.05, 0) is 48.9 Å². The highest BCUT2D eigenvalue weighted by molar-refractivity contribution is 9.10. The Hall–Kier alpha value is -2.27. The van der Waals surface area contributed by atoms with Crippen LogP contribution in [-0.4, -0.2) is 15.8 Å². The van der Waals surface area contributed by atoms with E-state index in [-0.39, 0.29) is 5.88 Å². The molecular weight excluding hydrogens is 342 g/mol. The Kier molecular flexibility index (Phi) is 3.90. The van der Waals surface area contributed by atoms with E-state index in [0.717, 1.165) is 26.8 Å². The van der Waals surface area contributed by atoms with E-state index in [1.165, 1.54) is 0 Å². The summed E-state index contributed by atoms with van der Waals surface area (Å²) in [6, 6.07) is 13.3. The first kappa shape index (κ1) is 14.7. The van der Waals surface area contributed by atoms with E-state index in [1.54, 1.807) is 6.07 Å². The van der Waals surface area contributed by atoms with Crippen LogP contribution in [0.4, 0.5) is 11.4 Å². The second-order valence-corrected chi connectivity index (χ2v) is 5.96. The highest BCUT2D eigenvalue weighted by Gasteiger charge is 2.15. The second-order valence-electron chi connectivity index (χ2n) is 5.04. The number of aromatic amines is 1. The van der Waals surface area contributed by atoms with Gasteiger partial charge in [0, 0.05) is 21.1 Å². The van der Waals surface area contributed by atoms with Gasteiger partial charge in [0.25, 0.3) is 0 Å². The van der Waals surface area contributed by atoms with Gasteiger partial charge in [-0.3, -0.25) is 4.99 Å². The highest BCUT2D eigenvalue weighted by Crippen LogP contribution is 2.31. The molecule has 0 aliphatic heterocycles. The average molecular weight is 358 g/mol. The van der Waals surface area contributed by atoms with Crippen molar-refractivity contribution in [1.82, 2.24) is 4.98 Å². The van der Waals surface area contributed by atoms with Crippen molar-refractivity contribution < 1.29 is 5.11 Å². The molecule has 3 aromatic rings. The van der Waals surface area contributed by atoms with Gasteiger partial charge in [0.2, 0.25) is 0 Å². The molecule has 0 atom stereocenters. The van der Waals surface area contributed by atoms with Crippen molar-refractivity contribution in [3.8, 4) is 5.88 Å². The Morgan fingerprint density at radius 3 is 2.64 bits per heavy atom. The van der Waals surface area contributed by atoms with Crippen LogP contribution in [0.25, 0.3) is 10.9 Å².